The van der Waals surface area contributed by atoms with Gasteiger partial charge in [0.2, 0.25) is 0 Å². The Hall–Kier alpha value is -0.970. The van der Waals surface area contributed by atoms with Crippen molar-refractivity contribution < 1.29 is 14.2 Å². The standard InChI is InChI=1S/C12H16ClNO3/c1-15-11-5-9(13)4-8(6-14)12(11)17-10-2-3-16-7-10/h4-5,10H,2-3,6-7,14H2,1H3. The molecule has 1 aliphatic rings. The Balaban J connectivity index is 2.28. The van der Waals surface area contributed by atoms with Crippen molar-refractivity contribution in [1.82, 2.24) is 0 Å². The van der Waals surface area contributed by atoms with Gasteiger partial charge in [-0.2, -0.15) is 0 Å². The summed E-state index contributed by atoms with van der Waals surface area (Å²) in [6.45, 7) is 1.70. The number of benzene rings is 1. The largest absolute Gasteiger partial charge is 0.493 e. The molecule has 1 fully saturated rings. The highest BCUT2D eigenvalue weighted by Crippen LogP contribution is 2.35. The molecule has 4 nitrogen and oxygen atoms in total. The van der Waals surface area contributed by atoms with Crippen LogP contribution in [0.15, 0.2) is 12.1 Å². The zero-order chi connectivity index (χ0) is 12.3. The molecule has 1 aromatic rings. The molecule has 0 radical (unpaired) electrons. The highest BCUT2D eigenvalue weighted by atomic mass is 35.5. The normalized spacial score (nSPS) is 19.4. The number of rotatable bonds is 4. The molecule has 2 N–H and O–H groups in total. The Labute approximate surface area is 106 Å². The quantitative estimate of drug-likeness (QED) is 0.896. The minimum atomic E-state index is 0.0652. The van der Waals surface area contributed by atoms with E-state index in [9.17, 15) is 0 Å². The fourth-order valence-corrected chi connectivity index (χ4v) is 2.06. The van der Waals surface area contributed by atoms with E-state index in [0.29, 0.717) is 29.7 Å². The van der Waals surface area contributed by atoms with Gasteiger partial charge in [-0.05, 0) is 6.07 Å². The van der Waals surface area contributed by atoms with Gasteiger partial charge in [0.05, 0.1) is 20.3 Å². The molecule has 17 heavy (non-hydrogen) atoms. The van der Waals surface area contributed by atoms with Crippen molar-refractivity contribution >= 4 is 11.6 Å². The van der Waals surface area contributed by atoms with Gasteiger partial charge < -0.3 is 19.9 Å². The van der Waals surface area contributed by atoms with Crippen LogP contribution in [-0.2, 0) is 11.3 Å². The van der Waals surface area contributed by atoms with Crippen molar-refractivity contribution in [3.8, 4) is 11.5 Å². The zero-order valence-corrected chi connectivity index (χ0v) is 10.5. The number of hydrogen-bond donors (Lipinski definition) is 1. The van der Waals surface area contributed by atoms with Crippen LogP contribution in [-0.4, -0.2) is 26.4 Å². The van der Waals surface area contributed by atoms with E-state index in [0.717, 1.165) is 18.6 Å². The summed E-state index contributed by atoms with van der Waals surface area (Å²) in [5.74, 6) is 1.29. The van der Waals surface area contributed by atoms with E-state index < -0.39 is 0 Å². The van der Waals surface area contributed by atoms with Gasteiger partial charge >= 0.3 is 0 Å². The molecule has 0 saturated carbocycles. The molecule has 0 aliphatic carbocycles. The van der Waals surface area contributed by atoms with E-state index >= 15 is 0 Å². The third kappa shape index (κ3) is 2.83. The lowest BCUT2D eigenvalue weighted by Gasteiger charge is -2.18. The molecule has 94 valence electrons. The molecule has 5 heteroatoms. The van der Waals surface area contributed by atoms with Gasteiger partial charge in [0, 0.05) is 29.6 Å². The summed E-state index contributed by atoms with van der Waals surface area (Å²) >= 11 is 5.98. The number of ether oxygens (including phenoxy) is 3. The maximum absolute atomic E-state index is 5.98. The molecule has 0 amide bonds. The summed E-state index contributed by atoms with van der Waals surface area (Å²) in [6.07, 6.45) is 0.950. The Morgan fingerprint density at radius 1 is 1.53 bits per heavy atom. The Kier molecular flexibility index (Phi) is 4.10. The predicted octanol–water partition coefficient (Wildman–Crippen LogP) is 1.97. The third-order valence-electron chi connectivity index (χ3n) is 2.71. The van der Waals surface area contributed by atoms with Crippen LogP contribution in [0.1, 0.15) is 12.0 Å². The van der Waals surface area contributed by atoms with E-state index in [1.807, 2.05) is 0 Å². The van der Waals surface area contributed by atoms with Gasteiger partial charge in [-0.15, -0.1) is 0 Å². The first-order chi connectivity index (χ1) is 8.24. The summed E-state index contributed by atoms with van der Waals surface area (Å²) in [5.41, 5.74) is 6.54. The van der Waals surface area contributed by atoms with Gasteiger partial charge in [0.15, 0.2) is 11.5 Å². The van der Waals surface area contributed by atoms with Gasteiger partial charge in [0.25, 0.3) is 0 Å². The second kappa shape index (κ2) is 5.58. The molecule has 0 aromatic heterocycles. The molecule has 1 aromatic carbocycles. The molecule has 2 rings (SSSR count). The fourth-order valence-electron chi connectivity index (χ4n) is 1.83. The SMILES string of the molecule is COc1cc(Cl)cc(CN)c1OC1CCOC1. The van der Waals surface area contributed by atoms with Crippen molar-refractivity contribution in [2.75, 3.05) is 20.3 Å². The van der Waals surface area contributed by atoms with E-state index in [4.69, 9.17) is 31.5 Å². The topological polar surface area (TPSA) is 53.7 Å². The first-order valence-electron chi connectivity index (χ1n) is 5.55. The van der Waals surface area contributed by atoms with Crippen LogP contribution < -0.4 is 15.2 Å². The maximum atomic E-state index is 5.98. The van der Waals surface area contributed by atoms with Crippen LogP contribution in [0.3, 0.4) is 0 Å². The summed E-state index contributed by atoms with van der Waals surface area (Å²) in [6, 6.07) is 3.53. The van der Waals surface area contributed by atoms with E-state index in [2.05, 4.69) is 0 Å². The number of halogens is 1. The fraction of sp³-hybridized carbons (Fsp3) is 0.500. The summed E-state index contributed by atoms with van der Waals surface area (Å²) in [5, 5.41) is 0.595. The molecule has 0 spiro atoms. The average molecular weight is 258 g/mol. The molecular weight excluding hydrogens is 242 g/mol. The highest BCUT2D eigenvalue weighted by Gasteiger charge is 2.21. The van der Waals surface area contributed by atoms with Crippen LogP contribution >= 0.6 is 11.6 Å². The summed E-state index contributed by atoms with van der Waals surface area (Å²) in [7, 11) is 1.59. The second-order valence-corrected chi connectivity index (χ2v) is 4.34. The van der Waals surface area contributed by atoms with Crippen LogP contribution in [0.25, 0.3) is 0 Å². The number of nitrogens with two attached hydrogens (primary N) is 1. The van der Waals surface area contributed by atoms with Crippen LogP contribution in [0.2, 0.25) is 5.02 Å². The minimum absolute atomic E-state index is 0.0652. The lowest BCUT2D eigenvalue weighted by molar-refractivity contribution is 0.138. The lowest BCUT2D eigenvalue weighted by atomic mass is 10.1. The summed E-state index contributed by atoms with van der Waals surface area (Å²) < 4.78 is 16.4. The van der Waals surface area contributed by atoms with Crippen molar-refractivity contribution in [3.63, 3.8) is 0 Å². The van der Waals surface area contributed by atoms with Crippen LogP contribution in [0.5, 0.6) is 11.5 Å². The second-order valence-electron chi connectivity index (χ2n) is 3.90. The highest BCUT2D eigenvalue weighted by molar-refractivity contribution is 6.30. The first kappa shape index (κ1) is 12.5. The van der Waals surface area contributed by atoms with Crippen molar-refractivity contribution in [2.24, 2.45) is 5.73 Å². The van der Waals surface area contributed by atoms with Gasteiger partial charge in [-0.25, -0.2) is 0 Å². The molecule has 1 aliphatic heterocycles. The maximum Gasteiger partial charge on any atom is 0.166 e. The number of hydrogen-bond acceptors (Lipinski definition) is 4. The Bertz CT molecular complexity index is 366. The lowest BCUT2D eigenvalue weighted by Crippen LogP contribution is -2.17. The molecule has 1 atom stereocenters. The van der Waals surface area contributed by atoms with Gasteiger partial charge in [0.1, 0.15) is 6.10 Å². The minimum Gasteiger partial charge on any atom is -0.493 e. The monoisotopic (exact) mass is 257 g/mol. The summed E-state index contributed by atoms with van der Waals surface area (Å²) in [4.78, 5) is 0. The van der Waals surface area contributed by atoms with E-state index in [-0.39, 0.29) is 6.10 Å². The third-order valence-corrected chi connectivity index (χ3v) is 2.93. The number of methoxy groups -OCH3 is 1. The van der Waals surface area contributed by atoms with E-state index in [1.165, 1.54) is 0 Å². The first-order valence-corrected chi connectivity index (χ1v) is 5.93. The van der Waals surface area contributed by atoms with Gasteiger partial charge in [-0.3, -0.25) is 0 Å². The average Bonchev–Trinajstić information content (AvgIpc) is 2.83. The van der Waals surface area contributed by atoms with Crippen LogP contribution in [0, 0.1) is 0 Å². The molecule has 1 saturated heterocycles. The van der Waals surface area contributed by atoms with E-state index in [1.54, 1.807) is 19.2 Å². The Morgan fingerprint density at radius 2 is 2.35 bits per heavy atom. The predicted molar refractivity (Wildman–Crippen MR) is 65.7 cm³/mol. The Morgan fingerprint density at radius 3 is 2.94 bits per heavy atom. The van der Waals surface area contributed by atoms with Gasteiger partial charge in [-0.1, -0.05) is 11.6 Å². The zero-order valence-electron chi connectivity index (χ0n) is 9.74. The van der Waals surface area contributed by atoms with Crippen LogP contribution in [0.4, 0.5) is 0 Å². The molecule has 0 bridgehead atoms. The molecule has 1 unspecified atom stereocenters. The van der Waals surface area contributed by atoms with Crippen molar-refractivity contribution in [1.29, 1.82) is 0 Å². The van der Waals surface area contributed by atoms with Crippen molar-refractivity contribution in [3.05, 3.63) is 22.7 Å². The molecular formula is C12H16ClNO3. The smallest absolute Gasteiger partial charge is 0.166 e. The molecule has 1 heterocycles. The van der Waals surface area contributed by atoms with Crippen molar-refractivity contribution in [2.45, 2.75) is 19.1 Å².